The summed E-state index contributed by atoms with van der Waals surface area (Å²) in [6.45, 7) is 0.492. The lowest BCUT2D eigenvalue weighted by Gasteiger charge is -2.29. The first-order valence-electron chi connectivity index (χ1n) is 9.68. The van der Waals surface area contributed by atoms with Gasteiger partial charge in [0.15, 0.2) is 0 Å². The number of nitrogens with zero attached hydrogens (tertiary/aromatic N) is 1. The van der Waals surface area contributed by atoms with Gasteiger partial charge < -0.3 is 20.1 Å². The average molecular weight is 423 g/mol. The van der Waals surface area contributed by atoms with Crippen LogP contribution < -0.4 is 15.4 Å². The smallest absolute Gasteiger partial charge is 0.416 e. The number of methoxy groups -OCH3 is 1. The number of anilines is 1. The van der Waals surface area contributed by atoms with E-state index >= 15 is 0 Å². The standard InChI is InChI=1S/C21H24F3N3O3/c1-29-19-9-4-15(21(22,23)24)11-18(19)27-20(28)26-16-5-7-17(8-6-16)30-13-14-3-2-10-25-12-14/h2-4,9-12,16-17H,5-8,13H2,1H3,(H2,26,27,28). The number of benzene rings is 1. The van der Waals surface area contributed by atoms with E-state index in [2.05, 4.69) is 15.6 Å². The first-order chi connectivity index (χ1) is 14.3. The van der Waals surface area contributed by atoms with E-state index in [9.17, 15) is 18.0 Å². The van der Waals surface area contributed by atoms with Crippen LogP contribution >= 0.6 is 0 Å². The lowest BCUT2D eigenvalue weighted by atomic mass is 9.93. The highest BCUT2D eigenvalue weighted by Gasteiger charge is 2.31. The van der Waals surface area contributed by atoms with Crippen LogP contribution in [0.3, 0.4) is 0 Å². The van der Waals surface area contributed by atoms with Crippen molar-refractivity contribution in [2.24, 2.45) is 0 Å². The Balaban J connectivity index is 1.48. The minimum absolute atomic E-state index is 0.0293. The molecular weight excluding hydrogens is 399 g/mol. The van der Waals surface area contributed by atoms with E-state index in [1.807, 2.05) is 12.1 Å². The zero-order valence-corrected chi connectivity index (χ0v) is 16.5. The topological polar surface area (TPSA) is 72.5 Å². The minimum Gasteiger partial charge on any atom is -0.495 e. The predicted molar refractivity (Wildman–Crippen MR) is 105 cm³/mol. The van der Waals surface area contributed by atoms with Gasteiger partial charge in [0, 0.05) is 18.4 Å². The molecule has 162 valence electrons. The van der Waals surface area contributed by atoms with Gasteiger partial charge in [-0.05, 0) is 55.5 Å². The maximum atomic E-state index is 12.9. The number of urea groups is 1. The molecule has 1 saturated carbocycles. The van der Waals surface area contributed by atoms with Crippen LogP contribution in [-0.2, 0) is 17.5 Å². The van der Waals surface area contributed by atoms with E-state index in [1.54, 1.807) is 12.4 Å². The van der Waals surface area contributed by atoms with Crippen molar-refractivity contribution in [2.75, 3.05) is 12.4 Å². The second-order valence-corrected chi connectivity index (χ2v) is 7.16. The van der Waals surface area contributed by atoms with Crippen LogP contribution in [-0.4, -0.2) is 30.3 Å². The van der Waals surface area contributed by atoms with Crippen molar-refractivity contribution in [2.45, 2.75) is 50.6 Å². The molecule has 3 rings (SSSR count). The second-order valence-electron chi connectivity index (χ2n) is 7.16. The Morgan fingerprint density at radius 2 is 1.97 bits per heavy atom. The third-order valence-electron chi connectivity index (χ3n) is 4.99. The molecule has 0 spiro atoms. The molecule has 0 bridgehead atoms. The van der Waals surface area contributed by atoms with Gasteiger partial charge in [-0.25, -0.2) is 4.79 Å². The summed E-state index contributed by atoms with van der Waals surface area (Å²) >= 11 is 0. The second kappa shape index (κ2) is 9.80. The molecule has 6 nitrogen and oxygen atoms in total. The van der Waals surface area contributed by atoms with Crippen LogP contribution in [0.2, 0.25) is 0 Å². The number of amides is 2. The lowest BCUT2D eigenvalue weighted by molar-refractivity contribution is -0.137. The molecule has 9 heteroatoms. The number of hydrogen-bond acceptors (Lipinski definition) is 4. The number of halogens is 3. The number of carbonyl (C=O) groups excluding carboxylic acids is 1. The molecule has 1 aromatic heterocycles. The summed E-state index contributed by atoms with van der Waals surface area (Å²) < 4.78 is 49.8. The van der Waals surface area contributed by atoms with Crippen molar-refractivity contribution >= 4 is 11.7 Å². The normalized spacial score (nSPS) is 19.2. The van der Waals surface area contributed by atoms with E-state index < -0.39 is 17.8 Å². The van der Waals surface area contributed by atoms with Gasteiger partial charge in [0.1, 0.15) is 5.75 Å². The van der Waals surface area contributed by atoms with Crippen LogP contribution in [0.4, 0.5) is 23.7 Å². The highest BCUT2D eigenvalue weighted by molar-refractivity contribution is 5.91. The Hall–Kier alpha value is -2.81. The van der Waals surface area contributed by atoms with E-state index in [1.165, 1.54) is 13.2 Å². The number of ether oxygens (including phenoxy) is 2. The molecule has 0 aliphatic heterocycles. The summed E-state index contributed by atoms with van der Waals surface area (Å²) in [4.78, 5) is 16.4. The number of aromatic nitrogens is 1. The molecule has 1 aromatic carbocycles. The first-order valence-corrected chi connectivity index (χ1v) is 9.68. The van der Waals surface area contributed by atoms with E-state index in [-0.39, 0.29) is 23.6 Å². The SMILES string of the molecule is COc1ccc(C(F)(F)F)cc1NC(=O)NC1CCC(OCc2cccnc2)CC1. The Morgan fingerprint density at radius 1 is 1.20 bits per heavy atom. The summed E-state index contributed by atoms with van der Waals surface area (Å²) in [5.74, 6) is 0.158. The van der Waals surface area contributed by atoms with Gasteiger partial charge in [0.05, 0.1) is 31.1 Å². The summed E-state index contributed by atoms with van der Waals surface area (Å²) in [7, 11) is 1.33. The van der Waals surface area contributed by atoms with Gasteiger partial charge in [-0.1, -0.05) is 6.07 Å². The summed E-state index contributed by atoms with van der Waals surface area (Å²) in [6, 6.07) is 6.14. The van der Waals surface area contributed by atoms with Crippen molar-refractivity contribution in [1.29, 1.82) is 0 Å². The molecule has 0 saturated heterocycles. The molecular formula is C21H24F3N3O3. The molecule has 0 radical (unpaired) electrons. The number of nitrogens with one attached hydrogen (secondary N) is 2. The average Bonchev–Trinajstić information content (AvgIpc) is 2.73. The lowest BCUT2D eigenvalue weighted by Crippen LogP contribution is -2.41. The quantitative estimate of drug-likeness (QED) is 0.703. The molecule has 2 aromatic rings. The Kier molecular flexibility index (Phi) is 7.15. The van der Waals surface area contributed by atoms with Crippen molar-refractivity contribution in [3.8, 4) is 5.75 Å². The fraction of sp³-hybridized carbons (Fsp3) is 0.429. The number of alkyl halides is 3. The summed E-state index contributed by atoms with van der Waals surface area (Å²) in [5, 5.41) is 5.28. The molecule has 2 amide bonds. The zero-order valence-electron chi connectivity index (χ0n) is 16.5. The number of pyridine rings is 1. The van der Waals surface area contributed by atoms with Gasteiger partial charge in [-0.3, -0.25) is 4.98 Å². The highest BCUT2D eigenvalue weighted by atomic mass is 19.4. The van der Waals surface area contributed by atoms with E-state index in [0.717, 1.165) is 43.4 Å². The van der Waals surface area contributed by atoms with Crippen molar-refractivity contribution in [3.63, 3.8) is 0 Å². The van der Waals surface area contributed by atoms with Crippen molar-refractivity contribution in [1.82, 2.24) is 10.3 Å². The molecule has 0 atom stereocenters. The molecule has 30 heavy (non-hydrogen) atoms. The Bertz CT molecular complexity index is 838. The van der Waals surface area contributed by atoms with Crippen molar-refractivity contribution < 1.29 is 27.4 Å². The van der Waals surface area contributed by atoms with Gasteiger partial charge >= 0.3 is 12.2 Å². The maximum absolute atomic E-state index is 12.9. The monoisotopic (exact) mass is 423 g/mol. The zero-order chi connectivity index (χ0) is 21.6. The predicted octanol–water partition coefficient (Wildman–Crippen LogP) is 4.76. The van der Waals surface area contributed by atoms with Gasteiger partial charge in [0.2, 0.25) is 0 Å². The Labute approximate surface area is 172 Å². The number of carbonyl (C=O) groups is 1. The minimum atomic E-state index is -4.51. The summed E-state index contributed by atoms with van der Waals surface area (Å²) in [5.41, 5.74) is 0.121. The molecule has 2 N–H and O–H groups in total. The fourth-order valence-electron chi connectivity index (χ4n) is 3.40. The maximum Gasteiger partial charge on any atom is 0.416 e. The van der Waals surface area contributed by atoms with Gasteiger partial charge in [-0.15, -0.1) is 0 Å². The molecule has 1 fully saturated rings. The largest absolute Gasteiger partial charge is 0.495 e. The van der Waals surface area contributed by atoms with E-state index in [4.69, 9.17) is 9.47 Å². The molecule has 1 aliphatic rings. The third-order valence-corrected chi connectivity index (χ3v) is 4.99. The third kappa shape index (κ3) is 6.09. The highest BCUT2D eigenvalue weighted by Crippen LogP contribution is 2.35. The van der Waals surface area contributed by atoms with Crippen molar-refractivity contribution in [3.05, 3.63) is 53.9 Å². The number of hydrogen-bond donors (Lipinski definition) is 2. The molecule has 1 heterocycles. The van der Waals surface area contributed by atoms with Crippen LogP contribution in [0.25, 0.3) is 0 Å². The van der Waals surface area contributed by atoms with Gasteiger partial charge in [-0.2, -0.15) is 13.2 Å². The van der Waals surface area contributed by atoms with Crippen LogP contribution in [0.15, 0.2) is 42.7 Å². The fourth-order valence-corrected chi connectivity index (χ4v) is 3.40. The van der Waals surface area contributed by atoms with Crippen LogP contribution in [0.5, 0.6) is 5.75 Å². The van der Waals surface area contributed by atoms with Crippen LogP contribution in [0.1, 0.15) is 36.8 Å². The Morgan fingerprint density at radius 3 is 2.60 bits per heavy atom. The van der Waals surface area contributed by atoms with Crippen LogP contribution in [0, 0.1) is 0 Å². The summed E-state index contributed by atoms with van der Waals surface area (Å²) in [6.07, 6.45) is 2.11. The van der Waals surface area contributed by atoms with Gasteiger partial charge in [0.25, 0.3) is 0 Å². The molecule has 0 unspecified atom stereocenters. The first kappa shape index (κ1) is 21.9. The molecule has 1 aliphatic carbocycles. The van der Waals surface area contributed by atoms with E-state index in [0.29, 0.717) is 6.61 Å². The number of rotatable bonds is 6.